The Labute approximate surface area is 141 Å². The highest BCUT2D eigenvalue weighted by atomic mass is 16.6. The maximum atomic E-state index is 5.61. The number of nitrogens with zero attached hydrogens (tertiary/aromatic N) is 6. The van der Waals surface area contributed by atoms with Crippen molar-refractivity contribution in [2.75, 3.05) is 44.5 Å². The standard InChI is InChI=1S/C15H23N7O2/c1-10-11(20-24-19-10)7-17-15-16-6-5-14(18-15)22-8-12(21(2)3)13(9-22)23-4/h5-6,12-13H,7-9H2,1-4H3,(H,16,17,18)/t12-,13+/m0/s1. The van der Waals surface area contributed by atoms with Crippen LogP contribution in [0.25, 0.3) is 0 Å². The molecule has 9 heteroatoms. The minimum absolute atomic E-state index is 0.162. The van der Waals surface area contributed by atoms with Gasteiger partial charge in [0, 0.05) is 26.4 Å². The number of aromatic nitrogens is 4. The van der Waals surface area contributed by atoms with Crippen LogP contribution < -0.4 is 10.2 Å². The lowest BCUT2D eigenvalue weighted by atomic mass is 10.2. The van der Waals surface area contributed by atoms with Crippen LogP contribution in [0.15, 0.2) is 16.9 Å². The van der Waals surface area contributed by atoms with Gasteiger partial charge in [-0.1, -0.05) is 10.3 Å². The van der Waals surface area contributed by atoms with E-state index in [2.05, 4.69) is 54.1 Å². The Kier molecular flexibility index (Phi) is 4.91. The highest BCUT2D eigenvalue weighted by Gasteiger charge is 2.35. The summed E-state index contributed by atoms with van der Waals surface area (Å²) in [6.45, 7) is 4.00. The van der Waals surface area contributed by atoms with Gasteiger partial charge in [0.2, 0.25) is 5.95 Å². The van der Waals surface area contributed by atoms with Gasteiger partial charge >= 0.3 is 0 Å². The number of methoxy groups -OCH3 is 1. The monoisotopic (exact) mass is 333 g/mol. The zero-order valence-electron chi connectivity index (χ0n) is 14.4. The molecule has 24 heavy (non-hydrogen) atoms. The Bertz CT molecular complexity index is 675. The quantitative estimate of drug-likeness (QED) is 0.813. The lowest BCUT2D eigenvalue weighted by molar-refractivity contribution is 0.0639. The zero-order valence-corrected chi connectivity index (χ0v) is 14.4. The molecule has 2 aromatic rings. The average Bonchev–Trinajstić information content (AvgIpc) is 3.19. The van der Waals surface area contributed by atoms with Crippen LogP contribution in [0.3, 0.4) is 0 Å². The molecule has 1 aliphatic rings. The lowest BCUT2D eigenvalue weighted by Gasteiger charge is -2.23. The Morgan fingerprint density at radius 3 is 2.83 bits per heavy atom. The predicted molar refractivity (Wildman–Crippen MR) is 88.9 cm³/mol. The summed E-state index contributed by atoms with van der Waals surface area (Å²) in [4.78, 5) is 13.3. The molecule has 130 valence electrons. The van der Waals surface area contributed by atoms with Gasteiger partial charge in [0.15, 0.2) is 0 Å². The van der Waals surface area contributed by atoms with E-state index in [0.29, 0.717) is 18.5 Å². The highest BCUT2D eigenvalue weighted by molar-refractivity contribution is 5.44. The summed E-state index contributed by atoms with van der Waals surface area (Å²) in [7, 11) is 5.90. The number of nitrogens with one attached hydrogen (secondary N) is 1. The molecular weight excluding hydrogens is 310 g/mol. The van der Waals surface area contributed by atoms with E-state index in [4.69, 9.17) is 4.74 Å². The summed E-state index contributed by atoms with van der Waals surface area (Å²) < 4.78 is 10.3. The molecule has 0 bridgehead atoms. The molecule has 3 rings (SSSR count). The number of ether oxygens (including phenoxy) is 1. The molecule has 9 nitrogen and oxygen atoms in total. The molecule has 1 saturated heterocycles. The second kappa shape index (κ2) is 7.10. The summed E-state index contributed by atoms with van der Waals surface area (Å²) >= 11 is 0. The normalized spacial score (nSPS) is 20.8. The number of hydrogen-bond acceptors (Lipinski definition) is 9. The fraction of sp³-hybridized carbons (Fsp3) is 0.600. The first-order chi connectivity index (χ1) is 11.6. The second-order valence-corrected chi connectivity index (χ2v) is 6.10. The van der Waals surface area contributed by atoms with Crippen molar-refractivity contribution in [2.45, 2.75) is 25.6 Å². The van der Waals surface area contributed by atoms with Crippen molar-refractivity contribution in [1.29, 1.82) is 0 Å². The number of likely N-dealkylation sites (N-methyl/N-ethyl adjacent to an activating group) is 1. The van der Waals surface area contributed by atoms with Gasteiger partial charge in [-0.3, -0.25) is 0 Å². The first-order valence-electron chi connectivity index (χ1n) is 7.87. The minimum atomic E-state index is 0.162. The molecule has 0 radical (unpaired) electrons. The van der Waals surface area contributed by atoms with Gasteiger partial charge in [-0.2, -0.15) is 4.98 Å². The van der Waals surface area contributed by atoms with Crippen molar-refractivity contribution in [3.8, 4) is 0 Å². The van der Waals surface area contributed by atoms with E-state index in [1.54, 1.807) is 13.3 Å². The van der Waals surface area contributed by atoms with Gasteiger partial charge in [0.25, 0.3) is 0 Å². The van der Waals surface area contributed by atoms with Crippen LogP contribution in [0.5, 0.6) is 0 Å². The highest BCUT2D eigenvalue weighted by Crippen LogP contribution is 2.23. The Morgan fingerprint density at radius 2 is 2.21 bits per heavy atom. The van der Waals surface area contributed by atoms with Gasteiger partial charge in [-0.15, -0.1) is 0 Å². The summed E-state index contributed by atoms with van der Waals surface area (Å²) in [5, 5.41) is 10.8. The second-order valence-electron chi connectivity index (χ2n) is 6.10. The van der Waals surface area contributed by atoms with Crippen molar-refractivity contribution in [3.05, 3.63) is 23.7 Å². The van der Waals surface area contributed by atoms with Gasteiger partial charge in [-0.05, 0) is 27.1 Å². The number of hydrogen-bond donors (Lipinski definition) is 1. The molecule has 2 aromatic heterocycles. The van der Waals surface area contributed by atoms with E-state index >= 15 is 0 Å². The van der Waals surface area contributed by atoms with Crippen LogP contribution in [0, 0.1) is 6.92 Å². The molecule has 2 atom stereocenters. The van der Waals surface area contributed by atoms with E-state index in [0.717, 1.165) is 30.3 Å². The van der Waals surface area contributed by atoms with Crippen LogP contribution in [-0.4, -0.2) is 71.6 Å². The SMILES string of the molecule is CO[C@@H]1CN(c2ccnc(NCc3nonc3C)n2)C[C@@H]1N(C)C. The zero-order chi connectivity index (χ0) is 17.1. The van der Waals surface area contributed by atoms with E-state index < -0.39 is 0 Å². The summed E-state index contributed by atoms with van der Waals surface area (Å²) in [6.07, 6.45) is 1.92. The molecule has 3 heterocycles. The average molecular weight is 333 g/mol. The van der Waals surface area contributed by atoms with Crippen LogP contribution in [0.2, 0.25) is 0 Å². The predicted octanol–water partition coefficient (Wildman–Crippen LogP) is 0.545. The molecule has 0 spiro atoms. The minimum Gasteiger partial charge on any atom is -0.378 e. The number of aryl methyl sites for hydroxylation is 1. The Morgan fingerprint density at radius 1 is 1.38 bits per heavy atom. The fourth-order valence-electron chi connectivity index (χ4n) is 2.85. The van der Waals surface area contributed by atoms with Crippen molar-refractivity contribution in [1.82, 2.24) is 25.2 Å². The van der Waals surface area contributed by atoms with E-state index in [-0.39, 0.29) is 6.10 Å². The van der Waals surface area contributed by atoms with Crippen LogP contribution in [-0.2, 0) is 11.3 Å². The van der Waals surface area contributed by atoms with Crippen molar-refractivity contribution in [2.24, 2.45) is 0 Å². The lowest BCUT2D eigenvalue weighted by Crippen LogP contribution is -2.39. The number of rotatable bonds is 6. The topological polar surface area (TPSA) is 92.4 Å². The molecular formula is C15H23N7O2. The molecule has 0 amide bonds. The van der Waals surface area contributed by atoms with Gasteiger partial charge in [-0.25, -0.2) is 9.61 Å². The van der Waals surface area contributed by atoms with Crippen molar-refractivity contribution >= 4 is 11.8 Å². The summed E-state index contributed by atoms with van der Waals surface area (Å²) in [5.41, 5.74) is 1.51. The Balaban J connectivity index is 1.68. The molecule has 1 aliphatic heterocycles. The molecule has 1 fully saturated rings. The van der Waals surface area contributed by atoms with Crippen molar-refractivity contribution in [3.63, 3.8) is 0 Å². The maximum Gasteiger partial charge on any atom is 0.224 e. The van der Waals surface area contributed by atoms with Crippen LogP contribution in [0.4, 0.5) is 11.8 Å². The van der Waals surface area contributed by atoms with E-state index in [1.807, 2.05) is 13.0 Å². The van der Waals surface area contributed by atoms with Crippen LogP contribution >= 0.6 is 0 Å². The van der Waals surface area contributed by atoms with Crippen LogP contribution in [0.1, 0.15) is 11.4 Å². The third-order valence-corrected chi connectivity index (χ3v) is 4.33. The largest absolute Gasteiger partial charge is 0.378 e. The van der Waals surface area contributed by atoms with E-state index in [1.165, 1.54) is 0 Å². The third kappa shape index (κ3) is 3.46. The van der Waals surface area contributed by atoms with Gasteiger partial charge in [0.1, 0.15) is 17.2 Å². The van der Waals surface area contributed by atoms with Gasteiger partial charge in [0.05, 0.1) is 18.7 Å². The smallest absolute Gasteiger partial charge is 0.224 e. The first kappa shape index (κ1) is 16.6. The molecule has 1 N–H and O–H groups in total. The molecule has 0 unspecified atom stereocenters. The third-order valence-electron chi connectivity index (χ3n) is 4.33. The number of anilines is 2. The fourth-order valence-corrected chi connectivity index (χ4v) is 2.85. The van der Waals surface area contributed by atoms with E-state index in [9.17, 15) is 0 Å². The Hall–Kier alpha value is -2.26. The van der Waals surface area contributed by atoms with Crippen molar-refractivity contribution < 1.29 is 9.37 Å². The molecule has 0 saturated carbocycles. The molecule has 0 aromatic carbocycles. The first-order valence-corrected chi connectivity index (χ1v) is 7.87. The maximum absolute atomic E-state index is 5.61. The van der Waals surface area contributed by atoms with Gasteiger partial charge < -0.3 is 19.9 Å². The summed E-state index contributed by atoms with van der Waals surface area (Å²) in [6, 6.07) is 2.25. The molecule has 0 aliphatic carbocycles. The summed E-state index contributed by atoms with van der Waals surface area (Å²) in [5.74, 6) is 1.44.